The number of amides is 1. The second-order valence-electron chi connectivity index (χ2n) is 6.05. The van der Waals surface area contributed by atoms with E-state index in [4.69, 9.17) is 0 Å². The van der Waals surface area contributed by atoms with Crippen molar-refractivity contribution in [1.29, 1.82) is 0 Å². The number of nitrogens with one attached hydrogen (secondary N) is 1. The molecule has 5 nitrogen and oxygen atoms in total. The van der Waals surface area contributed by atoms with Gasteiger partial charge in [-0.15, -0.1) is 0 Å². The number of benzene rings is 2. The fourth-order valence-electron chi connectivity index (χ4n) is 2.26. The summed E-state index contributed by atoms with van der Waals surface area (Å²) in [7, 11) is -0.627. The number of carbonyl (C=O) groups is 1. The zero-order chi connectivity index (χ0) is 20.2. The second kappa shape index (κ2) is 8.10. The van der Waals surface area contributed by atoms with Gasteiger partial charge in [-0.1, -0.05) is 12.1 Å². The van der Waals surface area contributed by atoms with Gasteiger partial charge in [0.25, 0.3) is 0 Å². The molecular formula is C18H19F3N2O3S. The van der Waals surface area contributed by atoms with Crippen molar-refractivity contribution in [2.75, 3.05) is 19.4 Å². The Kier molecular flexibility index (Phi) is 6.27. The molecule has 9 heteroatoms. The van der Waals surface area contributed by atoms with Crippen molar-refractivity contribution in [2.24, 2.45) is 0 Å². The molecule has 0 aliphatic carbocycles. The Balaban J connectivity index is 1.92. The number of anilines is 1. The van der Waals surface area contributed by atoms with Crippen molar-refractivity contribution in [3.63, 3.8) is 0 Å². The van der Waals surface area contributed by atoms with E-state index in [9.17, 15) is 26.4 Å². The number of aryl methyl sites for hydroxylation is 1. The predicted octanol–water partition coefficient (Wildman–Crippen LogP) is 3.53. The van der Waals surface area contributed by atoms with E-state index in [1.807, 2.05) is 0 Å². The summed E-state index contributed by atoms with van der Waals surface area (Å²) in [6.45, 7) is 0. The molecule has 2 aromatic carbocycles. The minimum Gasteiger partial charge on any atom is -0.326 e. The van der Waals surface area contributed by atoms with Crippen LogP contribution in [0.1, 0.15) is 17.5 Å². The molecule has 0 unspecified atom stereocenters. The lowest BCUT2D eigenvalue weighted by molar-refractivity contribution is -0.137. The maximum atomic E-state index is 12.5. The Labute approximate surface area is 155 Å². The Bertz CT molecular complexity index is 891. The summed E-state index contributed by atoms with van der Waals surface area (Å²) in [6, 6.07) is 10.4. The summed E-state index contributed by atoms with van der Waals surface area (Å²) >= 11 is 0. The normalized spacial score (nSPS) is 12.2. The van der Waals surface area contributed by atoms with E-state index in [2.05, 4.69) is 5.32 Å². The van der Waals surface area contributed by atoms with Crippen LogP contribution < -0.4 is 5.32 Å². The maximum absolute atomic E-state index is 12.5. The van der Waals surface area contributed by atoms with Crippen LogP contribution in [0.3, 0.4) is 0 Å². The molecule has 146 valence electrons. The molecule has 1 amide bonds. The van der Waals surface area contributed by atoms with Gasteiger partial charge in [-0.2, -0.15) is 13.2 Å². The molecule has 0 aliphatic rings. The fourth-order valence-corrected chi connectivity index (χ4v) is 3.16. The van der Waals surface area contributed by atoms with Gasteiger partial charge in [0.2, 0.25) is 15.9 Å². The smallest absolute Gasteiger partial charge is 0.326 e. The lowest BCUT2D eigenvalue weighted by Crippen LogP contribution is -2.22. The zero-order valence-electron chi connectivity index (χ0n) is 14.7. The zero-order valence-corrected chi connectivity index (χ0v) is 15.6. The molecule has 0 bridgehead atoms. The van der Waals surface area contributed by atoms with E-state index >= 15 is 0 Å². The molecule has 27 heavy (non-hydrogen) atoms. The molecule has 0 heterocycles. The van der Waals surface area contributed by atoms with E-state index in [1.54, 1.807) is 12.1 Å². The molecule has 0 saturated carbocycles. The number of halogens is 3. The summed E-state index contributed by atoms with van der Waals surface area (Å²) in [5, 5.41) is 2.53. The molecule has 0 fully saturated rings. The van der Waals surface area contributed by atoms with Crippen molar-refractivity contribution in [2.45, 2.75) is 23.9 Å². The van der Waals surface area contributed by atoms with Crippen LogP contribution >= 0.6 is 0 Å². The van der Waals surface area contributed by atoms with E-state index in [1.165, 1.54) is 38.4 Å². The number of rotatable bonds is 6. The Morgan fingerprint density at radius 3 is 2.04 bits per heavy atom. The van der Waals surface area contributed by atoms with Crippen LogP contribution in [0.4, 0.5) is 18.9 Å². The third-order valence-corrected chi connectivity index (χ3v) is 5.67. The molecule has 0 spiro atoms. The van der Waals surface area contributed by atoms with Gasteiger partial charge in [0, 0.05) is 26.2 Å². The number of alkyl halides is 3. The maximum Gasteiger partial charge on any atom is 0.416 e. The van der Waals surface area contributed by atoms with E-state index in [-0.39, 0.29) is 22.9 Å². The fraction of sp³-hybridized carbons (Fsp3) is 0.278. The molecule has 0 aliphatic heterocycles. The first kappa shape index (κ1) is 20.9. The summed E-state index contributed by atoms with van der Waals surface area (Å²) in [6.07, 6.45) is -3.94. The van der Waals surface area contributed by atoms with Gasteiger partial charge in [-0.3, -0.25) is 4.79 Å². The van der Waals surface area contributed by atoms with Gasteiger partial charge in [0.15, 0.2) is 0 Å². The first-order chi connectivity index (χ1) is 12.5. The molecule has 2 aromatic rings. The first-order valence-electron chi connectivity index (χ1n) is 7.99. The molecule has 0 saturated heterocycles. The topological polar surface area (TPSA) is 66.5 Å². The first-order valence-corrected chi connectivity index (χ1v) is 9.43. The highest BCUT2D eigenvalue weighted by Gasteiger charge is 2.29. The largest absolute Gasteiger partial charge is 0.416 e. The molecular weight excluding hydrogens is 381 g/mol. The van der Waals surface area contributed by atoms with Crippen molar-refractivity contribution in [3.8, 4) is 0 Å². The number of hydrogen-bond acceptors (Lipinski definition) is 3. The van der Waals surface area contributed by atoms with Crippen molar-refractivity contribution < 1.29 is 26.4 Å². The molecule has 2 rings (SSSR count). The van der Waals surface area contributed by atoms with Crippen LogP contribution in [0.15, 0.2) is 53.4 Å². The van der Waals surface area contributed by atoms with Crippen molar-refractivity contribution >= 4 is 21.6 Å². The highest BCUT2D eigenvalue weighted by molar-refractivity contribution is 7.89. The average molecular weight is 400 g/mol. The van der Waals surface area contributed by atoms with Crippen LogP contribution in [-0.2, 0) is 27.4 Å². The standard InChI is InChI=1S/C18H19F3N2O3S/c1-23(2)27(25,26)16-10-3-13(4-11-16)5-12-17(24)22-15-8-6-14(7-9-15)18(19,20)21/h3-4,6-11H,5,12H2,1-2H3,(H,22,24). The van der Waals surface area contributed by atoms with Gasteiger partial charge >= 0.3 is 6.18 Å². The quantitative estimate of drug-likeness (QED) is 0.807. The lowest BCUT2D eigenvalue weighted by atomic mass is 10.1. The number of sulfonamides is 1. The Morgan fingerprint density at radius 2 is 1.56 bits per heavy atom. The minimum atomic E-state index is -4.42. The van der Waals surface area contributed by atoms with E-state index in [0.29, 0.717) is 6.42 Å². The average Bonchev–Trinajstić information content (AvgIpc) is 2.60. The summed E-state index contributed by atoms with van der Waals surface area (Å²) in [4.78, 5) is 12.1. The van der Waals surface area contributed by atoms with Crippen LogP contribution in [0, 0.1) is 0 Å². The monoisotopic (exact) mass is 400 g/mol. The third-order valence-electron chi connectivity index (χ3n) is 3.84. The van der Waals surface area contributed by atoms with Gasteiger partial charge in [0.05, 0.1) is 10.5 Å². The number of carbonyl (C=O) groups excluding carboxylic acids is 1. The summed E-state index contributed by atoms with van der Waals surface area (Å²) in [5.74, 6) is -0.347. The van der Waals surface area contributed by atoms with Gasteiger partial charge in [0.1, 0.15) is 0 Å². The SMILES string of the molecule is CN(C)S(=O)(=O)c1ccc(CCC(=O)Nc2ccc(C(F)(F)F)cc2)cc1. The Hall–Kier alpha value is -2.39. The Morgan fingerprint density at radius 1 is 1.00 bits per heavy atom. The van der Waals surface area contributed by atoms with Gasteiger partial charge < -0.3 is 5.32 Å². The van der Waals surface area contributed by atoms with Crippen LogP contribution in [0.25, 0.3) is 0 Å². The predicted molar refractivity (Wildman–Crippen MR) is 95.7 cm³/mol. The minimum absolute atomic E-state index is 0.112. The van der Waals surface area contributed by atoms with E-state index < -0.39 is 21.8 Å². The lowest BCUT2D eigenvalue weighted by Gasteiger charge is -2.11. The molecule has 1 N–H and O–H groups in total. The van der Waals surface area contributed by atoms with E-state index in [0.717, 1.165) is 22.0 Å². The van der Waals surface area contributed by atoms with Gasteiger partial charge in [-0.05, 0) is 48.4 Å². The van der Waals surface area contributed by atoms with Crippen LogP contribution in [0.2, 0.25) is 0 Å². The molecule has 0 atom stereocenters. The summed E-state index contributed by atoms with van der Waals surface area (Å²) < 4.78 is 62.6. The highest BCUT2D eigenvalue weighted by Crippen LogP contribution is 2.29. The molecule has 0 radical (unpaired) electrons. The number of hydrogen-bond donors (Lipinski definition) is 1. The van der Waals surface area contributed by atoms with Crippen LogP contribution in [0.5, 0.6) is 0 Å². The van der Waals surface area contributed by atoms with Crippen molar-refractivity contribution in [1.82, 2.24) is 4.31 Å². The van der Waals surface area contributed by atoms with Gasteiger partial charge in [-0.25, -0.2) is 12.7 Å². The highest BCUT2D eigenvalue weighted by atomic mass is 32.2. The third kappa shape index (κ3) is 5.54. The molecule has 0 aromatic heterocycles. The van der Waals surface area contributed by atoms with Crippen molar-refractivity contribution in [3.05, 3.63) is 59.7 Å². The number of nitrogens with zero attached hydrogens (tertiary/aromatic N) is 1. The van der Waals surface area contributed by atoms with Crippen LogP contribution in [-0.4, -0.2) is 32.7 Å². The second-order valence-corrected chi connectivity index (χ2v) is 8.21. The summed E-state index contributed by atoms with van der Waals surface area (Å²) in [5.41, 5.74) is 0.268.